The summed E-state index contributed by atoms with van der Waals surface area (Å²) in [5.74, 6) is 0.744. The molecule has 1 aliphatic carbocycles. The molecule has 0 saturated heterocycles. The van der Waals surface area contributed by atoms with Crippen LogP contribution in [0.25, 0.3) is 0 Å². The topological polar surface area (TPSA) is 21.3 Å². The largest absolute Gasteiger partial charge is 0.376 e. The average Bonchev–Trinajstić information content (AvgIpc) is 3.07. The summed E-state index contributed by atoms with van der Waals surface area (Å²) in [6, 6.07) is 2.46. The molecule has 96 valence electrons. The van der Waals surface area contributed by atoms with Gasteiger partial charge in [-0.3, -0.25) is 0 Å². The summed E-state index contributed by atoms with van der Waals surface area (Å²) < 4.78 is 7.19. The van der Waals surface area contributed by atoms with Crippen molar-refractivity contribution in [1.82, 2.24) is 5.32 Å². The fourth-order valence-electron chi connectivity index (χ4n) is 2.23. The normalized spacial score (nSPS) is 19.2. The first-order valence-corrected chi connectivity index (χ1v) is 8.03. The maximum absolute atomic E-state index is 5.98. The molecule has 1 aliphatic rings. The molecular formula is C13H20BrNOS. The molecule has 1 aromatic heterocycles. The molecule has 2 unspecified atom stereocenters. The summed E-state index contributed by atoms with van der Waals surface area (Å²) in [6.07, 6.45) is 2.96. The number of thiophene rings is 1. The van der Waals surface area contributed by atoms with Gasteiger partial charge in [-0.25, -0.2) is 0 Å². The number of halogens is 1. The molecule has 1 heterocycles. The third-order valence-corrected chi connectivity index (χ3v) is 5.08. The number of hydrogen-bond donors (Lipinski definition) is 1. The van der Waals surface area contributed by atoms with E-state index in [0.717, 1.165) is 19.1 Å². The van der Waals surface area contributed by atoms with E-state index in [9.17, 15) is 0 Å². The van der Waals surface area contributed by atoms with E-state index in [2.05, 4.69) is 46.5 Å². The van der Waals surface area contributed by atoms with Crippen LogP contribution in [-0.2, 0) is 4.74 Å². The highest BCUT2D eigenvalue weighted by molar-refractivity contribution is 9.10. The lowest BCUT2D eigenvalue weighted by Gasteiger charge is -2.27. The molecule has 0 aromatic carbocycles. The van der Waals surface area contributed by atoms with Gasteiger partial charge in [0.15, 0.2) is 0 Å². The van der Waals surface area contributed by atoms with E-state index >= 15 is 0 Å². The van der Waals surface area contributed by atoms with E-state index in [4.69, 9.17) is 4.74 Å². The fraction of sp³-hybridized carbons (Fsp3) is 0.692. The van der Waals surface area contributed by atoms with Gasteiger partial charge in [0.05, 0.1) is 12.1 Å². The lowest BCUT2D eigenvalue weighted by atomic mass is 10.0. The molecule has 2 nitrogen and oxygen atoms in total. The number of ether oxygens (including phenoxy) is 1. The standard InChI is InChI=1S/C13H20BrNOS/c1-3-15-11(13-10(14)7-8-17-13)12(16-4-2)9-5-6-9/h7-9,11-12,15H,3-6H2,1-2H3. The van der Waals surface area contributed by atoms with Crippen LogP contribution in [0.2, 0.25) is 0 Å². The first kappa shape index (κ1) is 13.5. The predicted molar refractivity (Wildman–Crippen MR) is 76.6 cm³/mol. The van der Waals surface area contributed by atoms with Crippen molar-refractivity contribution in [2.75, 3.05) is 13.2 Å². The highest BCUT2D eigenvalue weighted by atomic mass is 79.9. The summed E-state index contributed by atoms with van der Waals surface area (Å²) >= 11 is 5.45. The molecule has 1 saturated carbocycles. The zero-order chi connectivity index (χ0) is 12.3. The molecule has 0 spiro atoms. The van der Waals surface area contributed by atoms with Crippen LogP contribution < -0.4 is 5.32 Å². The van der Waals surface area contributed by atoms with Crippen molar-refractivity contribution in [1.29, 1.82) is 0 Å². The number of hydrogen-bond acceptors (Lipinski definition) is 3. The van der Waals surface area contributed by atoms with Gasteiger partial charge in [-0.05, 0) is 59.6 Å². The van der Waals surface area contributed by atoms with Gasteiger partial charge >= 0.3 is 0 Å². The van der Waals surface area contributed by atoms with Crippen molar-refractivity contribution >= 4 is 27.3 Å². The van der Waals surface area contributed by atoms with Crippen LogP contribution in [0.5, 0.6) is 0 Å². The lowest BCUT2D eigenvalue weighted by molar-refractivity contribution is 0.0197. The Labute approximate surface area is 116 Å². The van der Waals surface area contributed by atoms with Crippen LogP contribution in [0, 0.1) is 5.92 Å². The lowest BCUT2D eigenvalue weighted by Crippen LogP contribution is -2.35. The Balaban J connectivity index is 2.17. The van der Waals surface area contributed by atoms with Gasteiger partial charge in [0.25, 0.3) is 0 Å². The van der Waals surface area contributed by atoms with Gasteiger partial charge in [-0.1, -0.05) is 6.92 Å². The second kappa shape index (κ2) is 6.32. The molecule has 2 rings (SSSR count). The summed E-state index contributed by atoms with van der Waals surface area (Å²) in [7, 11) is 0. The molecule has 2 atom stereocenters. The van der Waals surface area contributed by atoms with Gasteiger partial charge in [0.1, 0.15) is 0 Å². The van der Waals surface area contributed by atoms with Crippen molar-refractivity contribution < 1.29 is 4.74 Å². The van der Waals surface area contributed by atoms with Crippen molar-refractivity contribution in [3.63, 3.8) is 0 Å². The second-order valence-electron chi connectivity index (χ2n) is 4.43. The monoisotopic (exact) mass is 317 g/mol. The SMILES string of the molecule is CCNC(c1sccc1Br)C(OCC)C1CC1. The van der Waals surface area contributed by atoms with Crippen LogP contribution in [0.3, 0.4) is 0 Å². The summed E-state index contributed by atoms with van der Waals surface area (Å²) in [5, 5.41) is 5.73. The maximum atomic E-state index is 5.98. The Morgan fingerprint density at radius 2 is 2.29 bits per heavy atom. The zero-order valence-electron chi connectivity index (χ0n) is 10.4. The van der Waals surface area contributed by atoms with Crippen molar-refractivity contribution in [2.24, 2.45) is 5.92 Å². The summed E-state index contributed by atoms with van der Waals surface area (Å²) in [4.78, 5) is 1.37. The molecule has 0 aliphatic heterocycles. The van der Waals surface area contributed by atoms with E-state index < -0.39 is 0 Å². The first-order valence-electron chi connectivity index (χ1n) is 6.35. The highest BCUT2D eigenvalue weighted by Crippen LogP contribution is 2.42. The Kier molecular flexibility index (Phi) is 5.03. The third kappa shape index (κ3) is 3.31. The zero-order valence-corrected chi connectivity index (χ0v) is 12.8. The predicted octanol–water partition coefficient (Wildman–Crippen LogP) is 3.98. The van der Waals surface area contributed by atoms with Gasteiger partial charge in [0.2, 0.25) is 0 Å². The minimum Gasteiger partial charge on any atom is -0.376 e. The Morgan fingerprint density at radius 3 is 2.76 bits per heavy atom. The van der Waals surface area contributed by atoms with Gasteiger partial charge in [0, 0.05) is 16.0 Å². The van der Waals surface area contributed by atoms with E-state index in [0.29, 0.717) is 12.1 Å². The highest BCUT2D eigenvalue weighted by Gasteiger charge is 2.38. The molecule has 0 bridgehead atoms. The number of likely N-dealkylation sites (N-methyl/N-ethyl adjacent to an activating group) is 1. The van der Waals surface area contributed by atoms with E-state index in [1.165, 1.54) is 22.2 Å². The van der Waals surface area contributed by atoms with E-state index in [1.807, 2.05) is 11.3 Å². The maximum Gasteiger partial charge on any atom is 0.0806 e. The Hall–Kier alpha value is 0.1000. The molecule has 1 fully saturated rings. The van der Waals surface area contributed by atoms with Crippen LogP contribution in [-0.4, -0.2) is 19.3 Å². The Bertz CT molecular complexity index is 351. The molecule has 17 heavy (non-hydrogen) atoms. The molecule has 1 N–H and O–H groups in total. The van der Waals surface area contributed by atoms with Crippen LogP contribution >= 0.6 is 27.3 Å². The molecule has 4 heteroatoms. The smallest absolute Gasteiger partial charge is 0.0806 e. The van der Waals surface area contributed by atoms with Gasteiger partial charge in [-0.2, -0.15) is 0 Å². The molecule has 1 aromatic rings. The average molecular weight is 318 g/mol. The van der Waals surface area contributed by atoms with Crippen molar-refractivity contribution in [3.8, 4) is 0 Å². The van der Waals surface area contributed by atoms with Gasteiger partial charge < -0.3 is 10.1 Å². The second-order valence-corrected chi connectivity index (χ2v) is 6.23. The number of nitrogens with one attached hydrogen (secondary N) is 1. The Morgan fingerprint density at radius 1 is 1.53 bits per heavy atom. The van der Waals surface area contributed by atoms with Crippen molar-refractivity contribution in [2.45, 2.75) is 38.8 Å². The molecular weight excluding hydrogens is 298 g/mol. The summed E-state index contributed by atoms with van der Waals surface area (Å²) in [5.41, 5.74) is 0. The van der Waals surface area contributed by atoms with Crippen LogP contribution in [0.15, 0.2) is 15.9 Å². The third-order valence-electron chi connectivity index (χ3n) is 3.13. The van der Waals surface area contributed by atoms with Crippen molar-refractivity contribution in [3.05, 3.63) is 20.8 Å². The van der Waals surface area contributed by atoms with Gasteiger partial charge in [-0.15, -0.1) is 11.3 Å². The quantitative estimate of drug-likeness (QED) is 0.821. The van der Waals surface area contributed by atoms with E-state index in [1.54, 1.807) is 0 Å². The minimum atomic E-state index is 0.329. The van der Waals surface area contributed by atoms with Crippen LogP contribution in [0.1, 0.15) is 37.6 Å². The number of rotatable bonds is 7. The first-order chi connectivity index (χ1) is 8.27. The minimum absolute atomic E-state index is 0.329. The molecule has 0 radical (unpaired) electrons. The summed E-state index contributed by atoms with van der Waals surface area (Å²) in [6.45, 7) is 6.02. The molecule has 0 amide bonds. The van der Waals surface area contributed by atoms with Crippen LogP contribution in [0.4, 0.5) is 0 Å². The fourth-order valence-corrected chi connectivity index (χ4v) is 3.96. The van der Waals surface area contributed by atoms with E-state index in [-0.39, 0.29) is 0 Å².